The minimum absolute atomic E-state index is 0.00824. The number of rotatable bonds is 18. The second-order valence-electron chi connectivity index (χ2n) is 17.4. The first-order valence-corrected chi connectivity index (χ1v) is 25.7. The Hall–Kier alpha value is -7.61. The number of fused-ring (bicyclic) bond motifs is 6. The molecule has 0 amide bonds. The molecule has 0 bridgehead atoms. The molecule has 0 aliphatic heterocycles. The number of hydrogen-bond acceptors (Lipinski definition) is 10. The lowest BCUT2D eigenvalue weighted by Crippen LogP contribution is -2.17. The zero-order valence-corrected chi connectivity index (χ0v) is 42.1. The molecule has 4 heterocycles. The van der Waals surface area contributed by atoms with Crippen LogP contribution in [0.25, 0.3) is 43.6 Å². The van der Waals surface area contributed by atoms with Crippen LogP contribution >= 0.6 is 22.7 Å². The van der Waals surface area contributed by atoms with Crippen LogP contribution in [0.4, 0.5) is 0 Å². The average molecular weight is 992 g/mol. The first kappa shape index (κ1) is 49.4. The Morgan fingerprint density at radius 2 is 0.972 bits per heavy atom. The van der Waals surface area contributed by atoms with Crippen LogP contribution in [0, 0.1) is 13.8 Å². The number of oxime groups is 1. The molecule has 0 aliphatic carbocycles. The van der Waals surface area contributed by atoms with E-state index in [4.69, 9.17) is 9.47 Å². The van der Waals surface area contributed by atoms with Crippen LogP contribution in [-0.4, -0.2) is 69.6 Å². The molecule has 0 aliphatic rings. The molecule has 12 heteroatoms. The fourth-order valence-electron chi connectivity index (χ4n) is 9.27. The monoisotopic (exact) mass is 991 g/mol. The van der Waals surface area contributed by atoms with Gasteiger partial charge in [-0.1, -0.05) is 65.8 Å². The highest BCUT2D eigenvalue weighted by Crippen LogP contribution is 2.34. The van der Waals surface area contributed by atoms with Crippen LogP contribution in [0.15, 0.2) is 162 Å². The van der Waals surface area contributed by atoms with Gasteiger partial charge in [-0.3, -0.25) is 19.2 Å². The molecule has 72 heavy (non-hydrogen) atoms. The van der Waals surface area contributed by atoms with Gasteiger partial charge in [0, 0.05) is 104 Å². The van der Waals surface area contributed by atoms with Gasteiger partial charge in [0.2, 0.25) is 17.3 Å². The van der Waals surface area contributed by atoms with E-state index in [1.165, 1.54) is 22.7 Å². The SMILES string of the molecule is CCOCCn1c2ccc(C(=O)C(=NO)c3ccccc3C)cc2c2cc(C(=O)c3cccs3)ccc21.CCOCCn1c2ccc(C(=O)Cc3ccccc3C)cc2c2cc(C(=O)c3cccs3)ccc21. The summed E-state index contributed by atoms with van der Waals surface area (Å²) in [5.41, 5.74) is 9.86. The Morgan fingerprint density at radius 3 is 1.43 bits per heavy atom. The van der Waals surface area contributed by atoms with E-state index in [1.807, 2.05) is 172 Å². The highest BCUT2D eigenvalue weighted by atomic mass is 32.1. The number of aromatic nitrogens is 2. The number of carbonyl (C=O) groups is 4. The summed E-state index contributed by atoms with van der Waals surface area (Å²) in [6.45, 7) is 11.6. The zero-order chi connectivity index (χ0) is 50.3. The molecule has 0 radical (unpaired) electrons. The number of hydrogen-bond donors (Lipinski definition) is 1. The molecule has 0 saturated carbocycles. The summed E-state index contributed by atoms with van der Waals surface area (Å²) in [6, 6.07) is 45.7. The molecule has 4 aromatic heterocycles. The molecule has 362 valence electrons. The summed E-state index contributed by atoms with van der Waals surface area (Å²) < 4.78 is 15.6. The van der Waals surface area contributed by atoms with Gasteiger partial charge in [-0.15, -0.1) is 22.7 Å². The Morgan fingerprint density at radius 1 is 0.528 bits per heavy atom. The zero-order valence-electron chi connectivity index (χ0n) is 40.5. The molecule has 1 N–H and O–H groups in total. The molecule has 10 rings (SSSR count). The van der Waals surface area contributed by atoms with E-state index in [2.05, 4.69) is 14.3 Å². The van der Waals surface area contributed by atoms with Gasteiger partial charge in [0.15, 0.2) is 11.5 Å². The fraction of sp³-hybridized carbons (Fsp3) is 0.183. The maximum atomic E-state index is 13.5. The molecule has 10 nitrogen and oxygen atoms in total. The molecular formula is C60H53N3O7S2. The van der Waals surface area contributed by atoms with E-state index in [-0.39, 0.29) is 28.8 Å². The summed E-state index contributed by atoms with van der Waals surface area (Å²) in [6.07, 6.45) is 0.364. The molecule has 0 unspecified atom stereocenters. The van der Waals surface area contributed by atoms with Crippen LogP contribution in [0.1, 0.15) is 87.3 Å². The summed E-state index contributed by atoms with van der Waals surface area (Å²) in [7, 11) is 0. The van der Waals surface area contributed by atoms with E-state index in [1.54, 1.807) is 12.1 Å². The summed E-state index contributed by atoms with van der Waals surface area (Å²) in [4.78, 5) is 54.2. The van der Waals surface area contributed by atoms with E-state index in [0.29, 0.717) is 78.6 Å². The van der Waals surface area contributed by atoms with Crippen molar-refractivity contribution < 1.29 is 33.9 Å². The van der Waals surface area contributed by atoms with Gasteiger partial charge < -0.3 is 23.8 Å². The summed E-state index contributed by atoms with van der Waals surface area (Å²) in [5, 5.41) is 20.6. The Bertz CT molecular complexity index is 3660. The Balaban J connectivity index is 0.000000178. The van der Waals surface area contributed by atoms with Crippen molar-refractivity contribution in [3.63, 3.8) is 0 Å². The first-order valence-electron chi connectivity index (χ1n) is 23.9. The third-order valence-corrected chi connectivity index (χ3v) is 14.7. The molecule has 6 aromatic carbocycles. The first-order chi connectivity index (χ1) is 35.1. The largest absolute Gasteiger partial charge is 0.410 e. The van der Waals surface area contributed by atoms with Crippen LogP contribution in [0.2, 0.25) is 0 Å². The normalized spacial score (nSPS) is 11.6. The van der Waals surface area contributed by atoms with E-state index >= 15 is 0 Å². The molecule has 0 saturated heterocycles. The number of ketones is 4. The van der Waals surface area contributed by atoms with Crippen molar-refractivity contribution in [3.05, 3.63) is 211 Å². The number of nitrogens with zero attached hydrogens (tertiary/aromatic N) is 3. The number of Topliss-reactive ketones (excluding diaryl/α,β-unsaturated/α-hetero) is 2. The number of aryl methyl sites for hydroxylation is 2. The van der Waals surface area contributed by atoms with Crippen molar-refractivity contribution in [1.29, 1.82) is 0 Å². The summed E-state index contributed by atoms with van der Waals surface area (Å²) >= 11 is 2.86. The Kier molecular flexibility index (Phi) is 15.2. The topological polar surface area (TPSA) is 129 Å². The molecule has 0 atom stereocenters. The van der Waals surface area contributed by atoms with Gasteiger partial charge >= 0.3 is 0 Å². The molecule has 0 fully saturated rings. The van der Waals surface area contributed by atoms with Gasteiger partial charge in [0.25, 0.3) is 0 Å². The number of carbonyl (C=O) groups excluding carboxylic acids is 4. The number of thiophene rings is 2. The molecule has 10 aromatic rings. The maximum Gasteiger partial charge on any atom is 0.215 e. The van der Waals surface area contributed by atoms with Crippen molar-refractivity contribution >= 4 is 95.1 Å². The molecule has 0 spiro atoms. The van der Waals surface area contributed by atoms with Crippen molar-refractivity contribution in [1.82, 2.24) is 9.13 Å². The van der Waals surface area contributed by atoms with E-state index in [9.17, 15) is 24.4 Å². The lowest BCUT2D eigenvalue weighted by atomic mass is 9.96. The minimum atomic E-state index is -0.375. The minimum Gasteiger partial charge on any atom is -0.410 e. The predicted molar refractivity (Wildman–Crippen MR) is 290 cm³/mol. The second kappa shape index (κ2) is 22.2. The predicted octanol–water partition coefficient (Wildman–Crippen LogP) is 13.4. The van der Waals surface area contributed by atoms with E-state index < -0.39 is 0 Å². The highest BCUT2D eigenvalue weighted by Gasteiger charge is 2.23. The standard InChI is InChI=1S/C30H26N2O4S.C30H27NO3S/c1-3-36-15-14-32-25-12-10-20(29(33)27-9-6-16-37-27)17-23(25)24-18-21(11-13-26(24)32)30(34)28(31-35)22-8-5-4-7-19(22)2;1-3-34-15-14-31-26-12-10-22(28(32)19-21-8-5-4-7-20(21)2)17-24(26)25-18-23(11-13-27(25)31)30(33)29-9-6-16-35-29/h4-13,16-18,35H,3,14-15H2,1-2H3;4-13,16-18H,3,14-15,19H2,1-2H3. The smallest absolute Gasteiger partial charge is 0.215 e. The van der Waals surface area contributed by atoms with Crippen molar-refractivity contribution in [2.24, 2.45) is 5.16 Å². The maximum absolute atomic E-state index is 13.5. The van der Waals surface area contributed by atoms with Crippen LogP contribution in [0.3, 0.4) is 0 Å². The number of ether oxygens (including phenoxy) is 2. The highest BCUT2D eigenvalue weighted by molar-refractivity contribution is 7.12. The van der Waals surface area contributed by atoms with Gasteiger partial charge in [0.1, 0.15) is 0 Å². The third kappa shape index (κ3) is 10.1. The van der Waals surface area contributed by atoms with Gasteiger partial charge in [-0.05, 0) is 140 Å². The van der Waals surface area contributed by atoms with Crippen LogP contribution in [-0.2, 0) is 29.0 Å². The summed E-state index contributed by atoms with van der Waals surface area (Å²) in [5.74, 6) is -0.306. The van der Waals surface area contributed by atoms with Crippen LogP contribution in [0.5, 0.6) is 0 Å². The fourth-order valence-corrected chi connectivity index (χ4v) is 10.6. The van der Waals surface area contributed by atoms with Crippen molar-refractivity contribution in [2.75, 3.05) is 26.4 Å². The lowest BCUT2D eigenvalue weighted by Gasteiger charge is -2.09. The quantitative estimate of drug-likeness (QED) is 0.0298. The third-order valence-electron chi connectivity index (χ3n) is 13.0. The van der Waals surface area contributed by atoms with Crippen LogP contribution < -0.4 is 0 Å². The van der Waals surface area contributed by atoms with Crippen molar-refractivity contribution in [2.45, 2.75) is 47.2 Å². The second-order valence-corrected chi connectivity index (χ2v) is 19.3. The average Bonchev–Trinajstić information content (AvgIpc) is 4.25. The van der Waals surface area contributed by atoms with Gasteiger partial charge in [-0.2, -0.15) is 0 Å². The van der Waals surface area contributed by atoms with Gasteiger partial charge in [-0.25, -0.2) is 0 Å². The number of benzene rings is 6. The lowest BCUT2D eigenvalue weighted by molar-refractivity contribution is 0.0990. The van der Waals surface area contributed by atoms with E-state index in [0.717, 1.165) is 65.2 Å². The van der Waals surface area contributed by atoms with Crippen molar-refractivity contribution in [3.8, 4) is 0 Å². The molecular weight excluding hydrogens is 939 g/mol. The van der Waals surface area contributed by atoms with Gasteiger partial charge in [0.05, 0.1) is 23.0 Å². The Labute approximate surface area is 425 Å².